The van der Waals surface area contributed by atoms with Crippen LogP contribution in [0.5, 0.6) is 5.75 Å². The largest absolute Gasteiger partial charge is 0.493 e. The topological polar surface area (TPSA) is 87.3 Å². The molecule has 5 aromatic rings. The van der Waals surface area contributed by atoms with Gasteiger partial charge in [-0.25, -0.2) is 4.98 Å². The molecule has 10 heteroatoms. The second-order valence-corrected chi connectivity index (χ2v) is 13.1. The number of aromatic amines is 1. The number of piperidine rings is 1. The maximum absolute atomic E-state index is 13.3. The molecule has 4 aromatic carbocycles. The lowest BCUT2D eigenvalue weighted by Crippen LogP contribution is -2.44. The summed E-state index contributed by atoms with van der Waals surface area (Å²) in [6.07, 6.45) is 1.71. The molecule has 0 unspecified atom stereocenters. The molecular weight excluding hydrogens is 722 g/mol. The summed E-state index contributed by atoms with van der Waals surface area (Å²) in [4.78, 5) is 36.4. The van der Waals surface area contributed by atoms with Gasteiger partial charge in [-0.1, -0.05) is 59.6 Å². The molecule has 45 heavy (non-hydrogen) atoms. The number of H-pyrrole nitrogens is 1. The average molecular weight is 753 g/mol. The predicted molar refractivity (Wildman–Crippen MR) is 188 cm³/mol. The normalized spacial score (nSPS) is 14.0. The van der Waals surface area contributed by atoms with E-state index in [4.69, 9.17) is 27.9 Å². The number of amides is 1. The number of fused-ring (bicyclic) bond motifs is 1. The summed E-state index contributed by atoms with van der Waals surface area (Å²) in [5.41, 5.74) is 5.29. The van der Waals surface area contributed by atoms with E-state index in [0.29, 0.717) is 50.4 Å². The number of carbonyl (C=O) groups excluding carboxylic acids is 2. The minimum Gasteiger partial charge on any atom is -0.493 e. The number of rotatable bonds is 9. The Labute approximate surface area is 285 Å². The molecule has 2 N–H and O–H groups in total. The first-order chi connectivity index (χ1) is 21.8. The van der Waals surface area contributed by atoms with E-state index in [1.807, 2.05) is 61.5 Å². The van der Waals surface area contributed by atoms with Gasteiger partial charge in [0.25, 0.3) is 5.91 Å². The van der Waals surface area contributed by atoms with Crippen LogP contribution in [0.3, 0.4) is 0 Å². The molecule has 0 aliphatic carbocycles. The average Bonchev–Trinajstić information content (AvgIpc) is 3.44. The van der Waals surface area contributed by atoms with Gasteiger partial charge in [0.05, 0.1) is 33.2 Å². The zero-order valence-electron chi connectivity index (χ0n) is 24.6. The lowest BCUT2D eigenvalue weighted by molar-refractivity contribution is 0.0908. The quantitative estimate of drug-likeness (QED) is 0.117. The van der Waals surface area contributed by atoms with Crippen molar-refractivity contribution in [2.24, 2.45) is 0 Å². The van der Waals surface area contributed by atoms with E-state index in [9.17, 15) is 9.59 Å². The van der Waals surface area contributed by atoms with Gasteiger partial charge >= 0.3 is 0 Å². The van der Waals surface area contributed by atoms with Gasteiger partial charge < -0.3 is 15.0 Å². The second kappa shape index (κ2) is 13.9. The summed E-state index contributed by atoms with van der Waals surface area (Å²) in [6.45, 7) is 4.90. The van der Waals surface area contributed by atoms with Crippen molar-refractivity contribution in [1.29, 1.82) is 0 Å². The molecule has 1 amide bonds. The van der Waals surface area contributed by atoms with E-state index in [0.717, 1.165) is 52.7 Å². The molecule has 1 aromatic heterocycles. The molecule has 0 radical (unpaired) electrons. The van der Waals surface area contributed by atoms with Crippen LogP contribution in [0.15, 0.2) is 78.9 Å². The van der Waals surface area contributed by atoms with E-state index < -0.39 is 0 Å². The summed E-state index contributed by atoms with van der Waals surface area (Å²) in [5, 5.41) is 4.09. The number of ether oxygens (including phenoxy) is 1. The SMILES string of the molecule is CCOc1cc(C(=O)NC2CCN(Cc3ccc(C(=O)c4cccc(I)c4)cc3)CC2)ccc1-c1nc2cc(Cl)c(Cl)cc2[nH]1. The highest BCUT2D eigenvalue weighted by atomic mass is 127. The van der Waals surface area contributed by atoms with Gasteiger partial charge in [0.15, 0.2) is 5.78 Å². The molecule has 0 bridgehead atoms. The molecule has 0 saturated carbocycles. The number of halogens is 3. The number of hydrogen-bond acceptors (Lipinski definition) is 5. The number of imidazole rings is 1. The third kappa shape index (κ3) is 7.35. The zero-order chi connectivity index (χ0) is 31.5. The van der Waals surface area contributed by atoms with Crippen LogP contribution in [-0.2, 0) is 6.54 Å². The Kier molecular flexibility index (Phi) is 9.75. The fourth-order valence-electron chi connectivity index (χ4n) is 5.59. The maximum Gasteiger partial charge on any atom is 0.251 e. The zero-order valence-corrected chi connectivity index (χ0v) is 28.2. The lowest BCUT2D eigenvalue weighted by atomic mass is 10.0. The van der Waals surface area contributed by atoms with Gasteiger partial charge in [-0.05, 0) is 90.4 Å². The predicted octanol–water partition coefficient (Wildman–Crippen LogP) is 8.17. The van der Waals surface area contributed by atoms with Crippen LogP contribution >= 0.6 is 45.8 Å². The Bertz CT molecular complexity index is 1830. The van der Waals surface area contributed by atoms with Gasteiger partial charge in [0.1, 0.15) is 11.6 Å². The molecule has 2 heterocycles. The van der Waals surface area contributed by atoms with E-state index in [1.54, 1.807) is 24.3 Å². The summed E-state index contributed by atoms with van der Waals surface area (Å²) < 4.78 is 6.96. The van der Waals surface area contributed by atoms with Crippen molar-refractivity contribution >= 4 is 68.5 Å². The minimum absolute atomic E-state index is 0.0323. The van der Waals surface area contributed by atoms with Crippen molar-refractivity contribution < 1.29 is 14.3 Å². The van der Waals surface area contributed by atoms with Crippen molar-refractivity contribution in [2.75, 3.05) is 19.7 Å². The first kappa shape index (κ1) is 31.5. The van der Waals surface area contributed by atoms with Gasteiger partial charge in [-0.2, -0.15) is 0 Å². The lowest BCUT2D eigenvalue weighted by Gasteiger charge is -2.32. The molecule has 1 aliphatic rings. The first-order valence-corrected chi connectivity index (χ1v) is 16.6. The number of nitrogens with zero attached hydrogens (tertiary/aromatic N) is 2. The molecule has 1 fully saturated rings. The highest BCUT2D eigenvalue weighted by molar-refractivity contribution is 14.1. The number of likely N-dealkylation sites (tertiary alicyclic amines) is 1. The van der Waals surface area contributed by atoms with Gasteiger partial charge in [-0.15, -0.1) is 0 Å². The van der Waals surface area contributed by atoms with Crippen LogP contribution in [0.4, 0.5) is 0 Å². The molecule has 0 spiro atoms. The first-order valence-electron chi connectivity index (χ1n) is 14.8. The Hall–Kier alpha value is -3.44. The van der Waals surface area contributed by atoms with Crippen LogP contribution in [-0.4, -0.2) is 52.3 Å². The van der Waals surface area contributed by atoms with Crippen molar-refractivity contribution in [3.05, 3.63) is 115 Å². The van der Waals surface area contributed by atoms with Gasteiger partial charge in [-0.3, -0.25) is 14.5 Å². The van der Waals surface area contributed by atoms with Crippen LogP contribution in [0.25, 0.3) is 22.4 Å². The third-order valence-corrected chi connectivity index (χ3v) is 9.35. The summed E-state index contributed by atoms with van der Waals surface area (Å²) >= 11 is 14.6. The summed E-state index contributed by atoms with van der Waals surface area (Å²) in [7, 11) is 0. The third-order valence-electron chi connectivity index (χ3n) is 7.95. The van der Waals surface area contributed by atoms with Crippen molar-refractivity contribution in [1.82, 2.24) is 20.2 Å². The molecule has 6 rings (SSSR count). The number of ketones is 1. The van der Waals surface area contributed by atoms with E-state index >= 15 is 0 Å². The highest BCUT2D eigenvalue weighted by Gasteiger charge is 2.23. The minimum atomic E-state index is -0.127. The number of carbonyl (C=O) groups is 2. The molecule has 1 saturated heterocycles. The molecular formula is C35H31Cl2IN4O3. The number of hydrogen-bond donors (Lipinski definition) is 2. The fourth-order valence-corrected chi connectivity index (χ4v) is 6.45. The van der Waals surface area contributed by atoms with Gasteiger partial charge in [0, 0.05) is 45.9 Å². The molecule has 7 nitrogen and oxygen atoms in total. The number of benzene rings is 4. The van der Waals surface area contributed by atoms with E-state index in [-0.39, 0.29) is 17.7 Å². The summed E-state index contributed by atoms with van der Waals surface area (Å²) in [5.74, 6) is 1.09. The smallest absolute Gasteiger partial charge is 0.251 e. The Balaban J connectivity index is 1.05. The monoisotopic (exact) mass is 752 g/mol. The van der Waals surface area contributed by atoms with Crippen molar-refractivity contribution in [3.63, 3.8) is 0 Å². The van der Waals surface area contributed by atoms with Crippen molar-refractivity contribution in [3.8, 4) is 17.1 Å². The second-order valence-electron chi connectivity index (χ2n) is 11.1. The summed E-state index contributed by atoms with van der Waals surface area (Å²) in [6, 6.07) is 24.5. The molecule has 230 valence electrons. The fraction of sp³-hybridized carbons (Fsp3) is 0.229. The van der Waals surface area contributed by atoms with Crippen LogP contribution in [0.1, 0.15) is 51.6 Å². The molecule has 0 atom stereocenters. The Morgan fingerprint density at radius 2 is 1.69 bits per heavy atom. The van der Waals surface area contributed by atoms with Crippen LogP contribution in [0, 0.1) is 3.57 Å². The number of aromatic nitrogens is 2. The molecule has 1 aliphatic heterocycles. The van der Waals surface area contributed by atoms with Gasteiger partial charge in [0.2, 0.25) is 0 Å². The van der Waals surface area contributed by atoms with E-state index in [2.05, 4.69) is 42.8 Å². The van der Waals surface area contributed by atoms with Crippen molar-refractivity contribution in [2.45, 2.75) is 32.4 Å². The van der Waals surface area contributed by atoms with Crippen LogP contribution < -0.4 is 10.1 Å². The Morgan fingerprint density at radius 1 is 0.956 bits per heavy atom. The Morgan fingerprint density at radius 3 is 2.42 bits per heavy atom. The van der Waals surface area contributed by atoms with E-state index in [1.165, 1.54) is 0 Å². The standard InChI is InChI=1S/C35H31Cl2IN4O3/c1-2-45-32-17-24(10-11-27(32)34-40-30-18-28(36)29(37)19-31(30)41-34)35(44)39-26-12-14-42(15-13-26)20-21-6-8-22(9-7-21)33(43)23-4-3-5-25(38)16-23/h3-11,16-19,26H,2,12-15,20H2,1H3,(H,39,44)(H,40,41). The number of nitrogens with one attached hydrogen (secondary N) is 2. The maximum atomic E-state index is 13.3. The highest BCUT2D eigenvalue weighted by Crippen LogP contribution is 2.33. The van der Waals surface area contributed by atoms with Crippen LogP contribution in [0.2, 0.25) is 10.0 Å².